The van der Waals surface area contributed by atoms with E-state index in [2.05, 4.69) is 5.32 Å². The highest BCUT2D eigenvalue weighted by Crippen LogP contribution is 2.26. The zero-order valence-electron chi connectivity index (χ0n) is 20.8. The van der Waals surface area contributed by atoms with Crippen molar-refractivity contribution in [3.05, 3.63) is 64.2 Å². The standard InChI is InChI=1S/C26H34ClN3O4S/c1-18-9-5-6-10-21(18)16-29(20(3)26(32)28-23-11-7-8-12-23)25(31)17-30(35(4,33)34)24-14-13-22(27)15-19(24)2/h5-6,9-10,13-15,20,23H,7-8,11-12,16-17H2,1-4H3,(H,28,32)/t20-/m0/s1. The van der Waals surface area contributed by atoms with Gasteiger partial charge in [0.25, 0.3) is 0 Å². The van der Waals surface area contributed by atoms with Crippen molar-refractivity contribution in [1.29, 1.82) is 0 Å². The average Bonchev–Trinajstić information content (AvgIpc) is 3.29. The monoisotopic (exact) mass is 519 g/mol. The molecule has 1 N–H and O–H groups in total. The quantitative estimate of drug-likeness (QED) is 0.538. The number of carbonyl (C=O) groups excluding carboxylic acids is 2. The molecule has 1 fully saturated rings. The number of anilines is 1. The lowest BCUT2D eigenvalue weighted by Gasteiger charge is -2.32. The Balaban J connectivity index is 1.91. The minimum absolute atomic E-state index is 0.115. The third kappa shape index (κ3) is 6.98. The number of nitrogens with one attached hydrogen (secondary N) is 1. The van der Waals surface area contributed by atoms with Crippen LogP contribution in [0.3, 0.4) is 0 Å². The third-order valence-electron chi connectivity index (χ3n) is 6.58. The van der Waals surface area contributed by atoms with E-state index in [9.17, 15) is 18.0 Å². The van der Waals surface area contributed by atoms with Crippen molar-refractivity contribution in [2.75, 3.05) is 17.1 Å². The van der Waals surface area contributed by atoms with E-state index in [4.69, 9.17) is 11.6 Å². The molecule has 1 aliphatic carbocycles. The summed E-state index contributed by atoms with van der Waals surface area (Å²) in [6.07, 6.45) is 5.09. The summed E-state index contributed by atoms with van der Waals surface area (Å²) in [7, 11) is -3.79. The molecule has 3 rings (SSSR count). The molecule has 0 radical (unpaired) electrons. The fourth-order valence-corrected chi connectivity index (χ4v) is 5.57. The normalized spacial score (nSPS) is 15.0. The Morgan fingerprint density at radius 2 is 1.74 bits per heavy atom. The highest BCUT2D eigenvalue weighted by Gasteiger charge is 2.32. The summed E-state index contributed by atoms with van der Waals surface area (Å²) in [4.78, 5) is 28.2. The highest BCUT2D eigenvalue weighted by atomic mass is 35.5. The van der Waals surface area contributed by atoms with E-state index >= 15 is 0 Å². The lowest BCUT2D eigenvalue weighted by molar-refractivity contribution is -0.139. The molecule has 0 aromatic heterocycles. The molecule has 0 aliphatic heterocycles. The van der Waals surface area contributed by atoms with Crippen molar-refractivity contribution in [1.82, 2.24) is 10.2 Å². The van der Waals surface area contributed by atoms with Crippen LogP contribution in [0.25, 0.3) is 0 Å². The summed E-state index contributed by atoms with van der Waals surface area (Å²) in [6.45, 7) is 5.16. The number of sulfonamides is 1. The number of hydrogen-bond acceptors (Lipinski definition) is 4. The first-order valence-corrected chi connectivity index (χ1v) is 14.1. The summed E-state index contributed by atoms with van der Waals surface area (Å²) in [5, 5.41) is 3.54. The van der Waals surface area contributed by atoms with Crippen LogP contribution in [-0.2, 0) is 26.2 Å². The summed E-state index contributed by atoms with van der Waals surface area (Å²) in [5.41, 5.74) is 2.90. The zero-order valence-corrected chi connectivity index (χ0v) is 22.3. The number of nitrogens with zero attached hydrogens (tertiary/aromatic N) is 2. The molecule has 1 aliphatic rings. The molecule has 9 heteroatoms. The molecule has 0 heterocycles. The van der Waals surface area contributed by atoms with Gasteiger partial charge in [-0.15, -0.1) is 0 Å². The zero-order chi connectivity index (χ0) is 25.8. The molecule has 0 unspecified atom stereocenters. The van der Waals surface area contributed by atoms with Crippen molar-refractivity contribution in [2.24, 2.45) is 0 Å². The molecule has 0 spiro atoms. The van der Waals surface area contributed by atoms with Gasteiger partial charge in [-0.2, -0.15) is 0 Å². The van der Waals surface area contributed by atoms with Gasteiger partial charge >= 0.3 is 0 Å². The van der Waals surface area contributed by atoms with E-state index in [1.165, 1.54) is 4.90 Å². The molecule has 1 atom stereocenters. The van der Waals surface area contributed by atoms with Gasteiger partial charge in [-0.3, -0.25) is 13.9 Å². The Morgan fingerprint density at radius 1 is 1.09 bits per heavy atom. The summed E-state index contributed by atoms with van der Waals surface area (Å²) < 4.78 is 26.5. The maximum Gasteiger partial charge on any atom is 0.244 e. The highest BCUT2D eigenvalue weighted by molar-refractivity contribution is 7.92. The lowest BCUT2D eigenvalue weighted by Crippen LogP contribution is -2.52. The van der Waals surface area contributed by atoms with Gasteiger partial charge in [0.15, 0.2) is 0 Å². The molecule has 2 aromatic carbocycles. The van der Waals surface area contributed by atoms with E-state index in [0.717, 1.165) is 47.4 Å². The summed E-state index contributed by atoms with van der Waals surface area (Å²) >= 11 is 6.06. The molecule has 2 amide bonds. The van der Waals surface area contributed by atoms with Crippen LogP contribution in [0.1, 0.15) is 49.3 Å². The number of aryl methyl sites for hydroxylation is 2. The van der Waals surface area contributed by atoms with Gasteiger partial charge in [-0.1, -0.05) is 48.7 Å². The molecule has 35 heavy (non-hydrogen) atoms. The van der Waals surface area contributed by atoms with Crippen LogP contribution >= 0.6 is 11.6 Å². The van der Waals surface area contributed by atoms with Crippen LogP contribution in [-0.4, -0.2) is 50.0 Å². The molecule has 190 valence electrons. The Bertz CT molecular complexity index is 1180. The largest absolute Gasteiger partial charge is 0.352 e. The fraction of sp³-hybridized carbons (Fsp3) is 0.462. The molecular formula is C26H34ClN3O4S. The molecule has 2 aromatic rings. The minimum Gasteiger partial charge on any atom is -0.352 e. The van der Waals surface area contributed by atoms with Crippen LogP contribution in [0.15, 0.2) is 42.5 Å². The Hall–Kier alpha value is -2.58. The maximum absolute atomic E-state index is 13.7. The van der Waals surface area contributed by atoms with Crippen LogP contribution < -0.4 is 9.62 Å². The summed E-state index contributed by atoms with van der Waals surface area (Å²) in [5.74, 6) is -0.686. The molecular weight excluding hydrogens is 486 g/mol. The molecule has 0 saturated heterocycles. The van der Waals surface area contributed by atoms with Gasteiger partial charge in [0.05, 0.1) is 11.9 Å². The maximum atomic E-state index is 13.7. The number of hydrogen-bond donors (Lipinski definition) is 1. The first kappa shape index (κ1) is 27.0. The van der Waals surface area contributed by atoms with Gasteiger partial charge in [0.1, 0.15) is 12.6 Å². The Kier molecular flexibility index (Phi) is 8.83. The van der Waals surface area contributed by atoms with E-state index in [0.29, 0.717) is 16.3 Å². The Morgan fingerprint density at radius 3 is 2.34 bits per heavy atom. The van der Waals surface area contributed by atoms with Gasteiger partial charge in [0, 0.05) is 17.6 Å². The second-order valence-electron chi connectivity index (χ2n) is 9.31. The van der Waals surface area contributed by atoms with Crippen LogP contribution in [0.2, 0.25) is 5.02 Å². The van der Waals surface area contributed by atoms with Crippen LogP contribution in [0.5, 0.6) is 0 Å². The predicted octanol–water partition coefficient (Wildman–Crippen LogP) is 4.20. The van der Waals surface area contributed by atoms with E-state index < -0.39 is 28.5 Å². The molecule has 0 bridgehead atoms. The van der Waals surface area contributed by atoms with Crippen molar-refractivity contribution < 1.29 is 18.0 Å². The SMILES string of the molecule is Cc1ccccc1CN(C(=O)CN(c1ccc(Cl)cc1C)S(C)(=O)=O)[C@@H](C)C(=O)NC1CCCC1. The van der Waals surface area contributed by atoms with Gasteiger partial charge in [0.2, 0.25) is 21.8 Å². The fourth-order valence-electron chi connectivity index (χ4n) is 4.44. The summed E-state index contributed by atoms with van der Waals surface area (Å²) in [6, 6.07) is 11.8. The molecule has 7 nitrogen and oxygen atoms in total. The van der Waals surface area contributed by atoms with Crippen LogP contribution in [0, 0.1) is 13.8 Å². The van der Waals surface area contributed by atoms with E-state index in [-0.39, 0.29) is 18.5 Å². The van der Waals surface area contributed by atoms with Gasteiger partial charge in [-0.25, -0.2) is 8.42 Å². The van der Waals surface area contributed by atoms with E-state index in [1.807, 2.05) is 31.2 Å². The molecule has 1 saturated carbocycles. The van der Waals surface area contributed by atoms with Crippen molar-refractivity contribution >= 4 is 39.1 Å². The predicted molar refractivity (Wildman–Crippen MR) is 140 cm³/mol. The Labute approximate surface area is 213 Å². The number of halogens is 1. The topological polar surface area (TPSA) is 86.8 Å². The smallest absolute Gasteiger partial charge is 0.244 e. The van der Waals surface area contributed by atoms with Crippen molar-refractivity contribution in [3.63, 3.8) is 0 Å². The minimum atomic E-state index is -3.79. The second kappa shape index (κ2) is 11.4. The lowest BCUT2D eigenvalue weighted by atomic mass is 10.1. The third-order valence-corrected chi connectivity index (χ3v) is 7.94. The van der Waals surface area contributed by atoms with Crippen molar-refractivity contribution in [3.8, 4) is 0 Å². The average molecular weight is 520 g/mol. The number of carbonyl (C=O) groups is 2. The van der Waals surface area contributed by atoms with Gasteiger partial charge in [-0.05, 0) is 68.5 Å². The second-order valence-corrected chi connectivity index (χ2v) is 11.7. The van der Waals surface area contributed by atoms with Crippen molar-refractivity contribution in [2.45, 2.75) is 65.1 Å². The first-order chi connectivity index (χ1) is 16.5. The van der Waals surface area contributed by atoms with Gasteiger partial charge < -0.3 is 10.2 Å². The number of amides is 2. The number of rotatable bonds is 9. The van der Waals surface area contributed by atoms with Crippen LogP contribution in [0.4, 0.5) is 5.69 Å². The van der Waals surface area contributed by atoms with E-state index in [1.54, 1.807) is 32.0 Å². The number of benzene rings is 2. The first-order valence-electron chi connectivity index (χ1n) is 11.9.